The molecule has 2 aromatic heterocycles. The summed E-state index contributed by atoms with van der Waals surface area (Å²) in [6.45, 7) is 7.80. The maximum Gasteiger partial charge on any atom is 0.226 e. The van der Waals surface area contributed by atoms with Gasteiger partial charge in [-0.1, -0.05) is 27.7 Å². The van der Waals surface area contributed by atoms with Gasteiger partial charge in [0.15, 0.2) is 11.6 Å². The Balaban J connectivity index is 2.07. The third kappa shape index (κ3) is 6.06. The molecule has 7 nitrogen and oxygen atoms in total. The van der Waals surface area contributed by atoms with Crippen LogP contribution in [0.3, 0.4) is 0 Å². The van der Waals surface area contributed by atoms with Crippen molar-refractivity contribution in [3.8, 4) is 5.75 Å². The lowest BCUT2D eigenvalue weighted by Crippen LogP contribution is -2.26. The lowest BCUT2D eigenvalue weighted by Gasteiger charge is -2.24. The molecule has 0 aliphatic heterocycles. The van der Waals surface area contributed by atoms with E-state index in [9.17, 15) is 14.7 Å². The van der Waals surface area contributed by atoms with Gasteiger partial charge in [-0.2, -0.15) is 0 Å². The molecule has 0 saturated heterocycles. The average molecular weight is 370 g/mol. The molecule has 0 aromatic carbocycles. The topological polar surface area (TPSA) is 104 Å². The number of hydrogen-bond acceptors (Lipinski definition) is 5. The summed E-state index contributed by atoms with van der Waals surface area (Å²) in [5, 5.41) is 15.2. The van der Waals surface area contributed by atoms with Crippen molar-refractivity contribution in [3.05, 3.63) is 42.4 Å². The highest BCUT2D eigenvalue weighted by molar-refractivity contribution is 5.92. The number of pyridine rings is 2. The molecule has 2 amide bonds. The van der Waals surface area contributed by atoms with E-state index >= 15 is 0 Å². The van der Waals surface area contributed by atoms with Gasteiger partial charge in [0, 0.05) is 30.7 Å². The van der Waals surface area contributed by atoms with E-state index < -0.39 is 5.41 Å². The smallest absolute Gasteiger partial charge is 0.226 e. The summed E-state index contributed by atoms with van der Waals surface area (Å²) in [5.41, 5.74) is 0.902. The van der Waals surface area contributed by atoms with Gasteiger partial charge < -0.3 is 15.7 Å². The summed E-state index contributed by atoms with van der Waals surface area (Å²) in [5.74, 6) is -0.0241. The third-order valence-corrected chi connectivity index (χ3v) is 4.04. The number of anilines is 2. The predicted octanol–water partition coefficient (Wildman–Crippen LogP) is 3.47. The van der Waals surface area contributed by atoms with Crippen LogP contribution < -0.4 is 10.6 Å². The molecule has 0 saturated carbocycles. The maximum atomic E-state index is 12.4. The first-order valence-electron chi connectivity index (χ1n) is 8.86. The fourth-order valence-electron chi connectivity index (χ4n) is 2.63. The average Bonchev–Trinajstić information content (AvgIpc) is 2.56. The molecule has 0 atom stereocenters. The summed E-state index contributed by atoms with van der Waals surface area (Å²) in [7, 11) is 0. The van der Waals surface area contributed by atoms with Crippen LogP contribution in [-0.2, 0) is 15.0 Å². The quantitative estimate of drug-likeness (QED) is 0.692. The van der Waals surface area contributed by atoms with Gasteiger partial charge in [0.2, 0.25) is 11.8 Å². The van der Waals surface area contributed by atoms with Crippen molar-refractivity contribution < 1.29 is 14.7 Å². The molecule has 2 rings (SSSR count). The molecule has 0 aliphatic carbocycles. The van der Waals surface area contributed by atoms with E-state index in [1.54, 1.807) is 18.5 Å². The van der Waals surface area contributed by atoms with Gasteiger partial charge in [0.1, 0.15) is 0 Å². The Labute approximate surface area is 159 Å². The third-order valence-electron chi connectivity index (χ3n) is 4.04. The summed E-state index contributed by atoms with van der Waals surface area (Å²) in [6, 6.07) is 4.87. The summed E-state index contributed by atoms with van der Waals surface area (Å²) in [4.78, 5) is 32.5. The Morgan fingerprint density at radius 3 is 2.59 bits per heavy atom. The Morgan fingerprint density at radius 2 is 1.93 bits per heavy atom. The van der Waals surface area contributed by atoms with Crippen LogP contribution in [0.15, 0.2) is 36.8 Å². The second-order valence-corrected chi connectivity index (χ2v) is 7.59. The number of rotatable bonds is 7. The zero-order chi connectivity index (χ0) is 20.0. The zero-order valence-corrected chi connectivity index (χ0v) is 16.1. The number of amides is 2. The van der Waals surface area contributed by atoms with Crippen LogP contribution in [0.2, 0.25) is 0 Å². The lowest BCUT2D eigenvalue weighted by molar-refractivity contribution is -0.118. The maximum absolute atomic E-state index is 12.4. The van der Waals surface area contributed by atoms with E-state index in [4.69, 9.17) is 0 Å². The number of carbonyl (C=O) groups is 2. The van der Waals surface area contributed by atoms with Crippen LogP contribution in [0, 0.1) is 5.92 Å². The predicted molar refractivity (Wildman–Crippen MR) is 104 cm³/mol. The van der Waals surface area contributed by atoms with Crippen LogP contribution in [-0.4, -0.2) is 26.9 Å². The fourth-order valence-corrected chi connectivity index (χ4v) is 2.63. The van der Waals surface area contributed by atoms with E-state index in [1.165, 1.54) is 12.3 Å². The summed E-state index contributed by atoms with van der Waals surface area (Å²) < 4.78 is 0. The molecule has 27 heavy (non-hydrogen) atoms. The van der Waals surface area contributed by atoms with E-state index in [-0.39, 0.29) is 35.7 Å². The minimum atomic E-state index is -0.528. The molecule has 0 unspecified atom stereocenters. The van der Waals surface area contributed by atoms with Crippen molar-refractivity contribution >= 4 is 23.3 Å². The van der Waals surface area contributed by atoms with Gasteiger partial charge in [-0.3, -0.25) is 14.6 Å². The van der Waals surface area contributed by atoms with E-state index in [2.05, 4.69) is 20.6 Å². The Morgan fingerprint density at radius 1 is 1.19 bits per heavy atom. The van der Waals surface area contributed by atoms with E-state index in [0.717, 1.165) is 5.56 Å². The van der Waals surface area contributed by atoms with Crippen molar-refractivity contribution in [2.75, 3.05) is 10.6 Å². The Hall–Kier alpha value is -2.96. The molecule has 0 spiro atoms. The van der Waals surface area contributed by atoms with Crippen LogP contribution in [0.5, 0.6) is 5.75 Å². The van der Waals surface area contributed by atoms with E-state index in [1.807, 2.05) is 33.8 Å². The second-order valence-electron chi connectivity index (χ2n) is 7.59. The van der Waals surface area contributed by atoms with Crippen molar-refractivity contribution in [1.82, 2.24) is 9.97 Å². The van der Waals surface area contributed by atoms with Crippen molar-refractivity contribution in [2.45, 2.75) is 46.0 Å². The van der Waals surface area contributed by atoms with Crippen LogP contribution in [0.25, 0.3) is 0 Å². The van der Waals surface area contributed by atoms with Gasteiger partial charge in [0.05, 0.1) is 11.9 Å². The largest absolute Gasteiger partial charge is 0.504 e. The molecule has 0 radical (unpaired) electrons. The van der Waals surface area contributed by atoms with Crippen LogP contribution in [0.1, 0.15) is 46.1 Å². The first-order valence-corrected chi connectivity index (χ1v) is 8.86. The molecular formula is C20H26N4O3. The monoisotopic (exact) mass is 370 g/mol. The van der Waals surface area contributed by atoms with Crippen molar-refractivity contribution in [1.29, 1.82) is 0 Å². The number of aromatic nitrogens is 2. The normalized spacial score (nSPS) is 11.3. The molecule has 144 valence electrons. The molecule has 7 heteroatoms. The molecular weight excluding hydrogens is 344 g/mol. The van der Waals surface area contributed by atoms with Crippen LogP contribution in [0.4, 0.5) is 11.5 Å². The first-order chi connectivity index (χ1) is 12.7. The minimum Gasteiger partial charge on any atom is -0.504 e. The molecule has 0 bridgehead atoms. The van der Waals surface area contributed by atoms with Gasteiger partial charge in [-0.15, -0.1) is 0 Å². The standard InChI is InChI=1S/C20H26N4O3/c1-13(2)8-17(26)23-15-9-14(11-21-12-15)20(3,4)10-18(27)24-19-16(25)6-5-7-22-19/h5-7,9,11-13,25H,8,10H2,1-4H3,(H,23,26)(H,22,24,27). The van der Waals surface area contributed by atoms with Crippen molar-refractivity contribution in [2.24, 2.45) is 5.92 Å². The van der Waals surface area contributed by atoms with Gasteiger partial charge in [-0.05, 0) is 29.7 Å². The highest BCUT2D eigenvalue weighted by Crippen LogP contribution is 2.29. The molecule has 0 aliphatic rings. The molecule has 2 heterocycles. The van der Waals surface area contributed by atoms with Gasteiger partial charge in [0.25, 0.3) is 0 Å². The lowest BCUT2D eigenvalue weighted by atomic mass is 9.82. The number of aromatic hydroxyl groups is 1. The number of nitrogens with zero attached hydrogens (tertiary/aromatic N) is 2. The minimum absolute atomic E-state index is 0.0647. The number of carbonyl (C=O) groups excluding carboxylic acids is 2. The SMILES string of the molecule is CC(C)CC(=O)Nc1cncc(C(C)(C)CC(=O)Nc2ncccc2O)c1. The molecule has 0 fully saturated rings. The zero-order valence-electron chi connectivity index (χ0n) is 16.1. The molecule has 2 aromatic rings. The molecule has 3 N–H and O–H groups in total. The fraction of sp³-hybridized carbons (Fsp3) is 0.400. The number of nitrogens with one attached hydrogen (secondary N) is 2. The van der Waals surface area contributed by atoms with E-state index in [0.29, 0.717) is 12.1 Å². The number of hydrogen-bond donors (Lipinski definition) is 3. The Kier molecular flexibility index (Phi) is 6.50. The first kappa shape index (κ1) is 20.4. The highest BCUT2D eigenvalue weighted by Gasteiger charge is 2.26. The summed E-state index contributed by atoms with van der Waals surface area (Å²) in [6.07, 6.45) is 5.36. The second kappa shape index (κ2) is 8.62. The highest BCUT2D eigenvalue weighted by atomic mass is 16.3. The van der Waals surface area contributed by atoms with Crippen LogP contribution >= 0.6 is 0 Å². The van der Waals surface area contributed by atoms with Gasteiger partial charge in [-0.25, -0.2) is 4.98 Å². The van der Waals surface area contributed by atoms with Gasteiger partial charge >= 0.3 is 0 Å². The summed E-state index contributed by atoms with van der Waals surface area (Å²) >= 11 is 0. The Bertz CT molecular complexity index is 818. The van der Waals surface area contributed by atoms with Crippen molar-refractivity contribution in [3.63, 3.8) is 0 Å².